The molecule has 1 aliphatic rings. The summed E-state index contributed by atoms with van der Waals surface area (Å²) in [6.45, 7) is 2.21. The van der Waals surface area contributed by atoms with E-state index in [0.29, 0.717) is 0 Å². The van der Waals surface area contributed by atoms with Crippen LogP contribution in [0, 0.1) is 0 Å². The molecule has 0 amide bonds. The summed E-state index contributed by atoms with van der Waals surface area (Å²) < 4.78 is 85.8. The molecule has 0 bridgehead atoms. The molecule has 2 unspecified atom stereocenters. The predicted molar refractivity (Wildman–Crippen MR) is 50.3 cm³/mol. The topological polar surface area (TPSA) is 44.8 Å². The zero-order chi connectivity index (χ0) is 14.4. The van der Waals surface area contributed by atoms with Crippen LogP contribution in [-0.4, -0.2) is 30.4 Å². The normalized spacial score (nSPS) is 32.8. The lowest BCUT2D eigenvalue weighted by Crippen LogP contribution is -2.40. The molecule has 0 saturated carbocycles. The summed E-state index contributed by atoms with van der Waals surface area (Å²) in [6, 6.07) is 0. The second-order valence-electron chi connectivity index (χ2n) is 4.37. The Morgan fingerprint density at radius 1 is 1.28 bits per heavy atom. The van der Waals surface area contributed by atoms with E-state index in [2.05, 4.69) is 9.05 Å². The van der Waals surface area contributed by atoms with Gasteiger partial charge in [-0.25, -0.2) is 4.57 Å². The lowest BCUT2D eigenvalue weighted by Gasteiger charge is -2.21. The van der Waals surface area contributed by atoms with Gasteiger partial charge < -0.3 is 0 Å². The van der Waals surface area contributed by atoms with E-state index in [1.54, 1.807) is 0 Å². The Morgan fingerprint density at radius 3 is 2.11 bits per heavy atom. The SMILES string of the molecule is CC1OP(=O)(OCC(F)(F)C(F)(F)F)OC1(C)C. The maximum absolute atomic E-state index is 12.6. The van der Waals surface area contributed by atoms with Crippen molar-refractivity contribution in [3.63, 3.8) is 0 Å². The molecule has 1 fully saturated rings. The first kappa shape index (κ1) is 15.8. The first-order valence-electron chi connectivity index (χ1n) is 4.87. The standard InChI is InChI=1S/C8H12F5O4P/c1-5-6(2,3)17-18(14,16-5)15-4-7(9,10)8(11,12)13/h5H,4H2,1-3H3. The van der Waals surface area contributed by atoms with Crippen LogP contribution in [0.5, 0.6) is 0 Å². The molecule has 1 aliphatic heterocycles. The first-order valence-corrected chi connectivity index (χ1v) is 6.33. The van der Waals surface area contributed by atoms with E-state index in [9.17, 15) is 26.5 Å². The van der Waals surface area contributed by atoms with Crippen molar-refractivity contribution in [2.75, 3.05) is 6.61 Å². The Hall–Kier alpha value is -0.240. The van der Waals surface area contributed by atoms with Crippen LogP contribution in [-0.2, 0) is 18.1 Å². The molecule has 0 aromatic rings. The average molecular weight is 298 g/mol. The Labute approximate surface area is 100 Å². The molecule has 0 N–H and O–H groups in total. The van der Waals surface area contributed by atoms with E-state index in [1.165, 1.54) is 20.8 Å². The van der Waals surface area contributed by atoms with Crippen molar-refractivity contribution in [2.24, 2.45) is 0 Å². The summed E-state index contributed by atoms with van der Waals surface area (Å²) in [5.74, 6) is -5.12. The quantitative estimate of drug-likeness (QED) is 0.590. The van der Waals surface area contributed by atoms with Crippen molar-refractivity contribution in [3.05, 3.63) is 0 Å². The van der Waals surface area contributed by atoms with Crippen LogP contribution in [0.2, 0.25) is 0 Å². The third-order valence-electron chi connectivity index (χ3n) is 2.43. The third-order valence-corrected chi connectivity index (χ3v) is 4.15. The number of alkyl halides is 5. The Bertz CT molecular complexity index is 367. The molecule has 1 saturated heterocycles. The maximum atomic E-state index is 12.6. The highest BCUT2D eigenvalue weighted by atomic mass is 31.2. The fourth-order valence-electron chi connectivity index (χ4n) is 1.00. The van der Waals surface area contributed by atoms with E-state index < -0.39 is 38.2 Å². The molecule has 0 aromatic carbocycles. The Morgan fingerprint density at radius 2 is 1.78 bits per heavy atom. The van der Waals surface area contributed by atoms with Gasteiger partial charge in [-0.1, -0.05) is 0 Å². The number of hydrogen-bond acceptors (Lipinski definition) is 4. The predicted octanol–water partition coefficient (Wildman–Crippen LogP) is 3.52. The van der Waals surface area contributed by atoms with E-state index in [4.69, 9.17) is 4.52 Å². The van der Waals surface area contributed by atoms with Gasteiger partial charge in [0.2, 0.25) is 0 Å². The summed E-state index contributed by atoms with van der Waals surface area (Å²) in [7, 11) is -4.39. The van der Waals surface area contributed by atoms with Gasteiger partial charge in [-0.05, 0) is 20.8 Å². The second-order valence-corrected chi connectivity index (χ2v) is 5.91. The zero-order valence-corrected chi connectivity index (χ0v) is 10.6. The minimum atomic E-state index is -5.78. The van der Waals surface area contributed by atoms with Crippen LogP contribution < -0.4 is 0 Å². The second kappa shape index (κ2) is 4.40. The highest BCUT2D eigenvalue weighted by Crippen LogP contribution is 2.61. The smallest absolute Gasteiger partial charge is 0.281 e. The van der Waals surface area contributed by atoms with E-state index in [0.717, 1.165) is 0 Å². The van der Waals surface area contributed by atoms with E-state index in [-0.39, 0.29) is 0 Å². The van der Waals surface area contributed by atoms with Gasteiger partial charge in [0.1, 0.15) is 12.2 Å². The largest absolute Gasteiger partial charge is 0.475 e. The van der Waals surface area contributed by atoms with Crippen molar-refractivity contribution >= 4 is 7.82 Å². The third kappa shape index (κ3) is 3.20. The highest BCUT2D eigenvalue weighted by molar-refractivity contribution is 7.48. The molecule has 0 radical (unpaired) electrons. The van der Waals surface area contributed by atoms with Crippen LogP contribution in [0.25, 0.3) is 0 Å². The Balaban J connectivity index is 2.69. The average Bonchev–Trinajstić information content (AvgIpc) is 2.32. The van der Waals surface area contributed by atoms with Crippen LogP contribution in [0.1, 0.15) is 20.8 Å². The van der Waals surface area contributed by atoms with Gasteiger partial charge in [0, 0.05) is 0 Å². The molecular formula is C8H12F5O4P. The summed E-state index contributed by atoms with van der Waals surface area (Å²) in [5, 5.41) is 0. The molecule has 0 aliphatic carbocycles. The van der Waals surface area contributed by atoms with Gasteiger partial charge in [0.05, 0.1) is 6.10 Å². The number of phosphoric ester groups is 1. The summed E-state index contributed by atoms with van der Waals surface area (Å²) in [5.41, 5.74) is -1.09. The van der Waals surface area contributed by atoms with Crippen LogP contribution >= 0.6 is 7.82 Å². The molecule has 18 heavy (non-hydrogen) atoms. The van der Waals surface area contributed by atoms with Gasteiger partial charge in [0.15, 0.2) is 0 Å². The molecule has 108 valence electrons. The number of phosphoric acid groups is 1. The molecule has 10 heteroatoms. The fourth-order valence-corrected chi connectivity index (χ4v) is 2.85. The van der Waals surface area contributed by atoms with Crippen molar-refractivity contribution in [1.29, 1.82) is 0 Å². The van der Waals surface area contributed by atoms with Gasteiger partial charge in [-0.15, -0.1) is 0 Å². The number of halogens is 5. The molecule has 2 atom stereocenters. The van der Waals surface area contributed by atoms with Crippen molar-refractivity contribution in [2.45, 2.75) is 44.6 Å². The minimum absolute atomic E-state index is 0.761. The number of rotatable bonds is 3. The van der Waals surface area contributed by atoms with Crippen molar-refractivity contribution < 1.29 is 40.1 Å². The molecular weight excluding hydrogens is 286 g/mol. The number of hydrogen-bond donors (Lipinski definition) is 0. The minimum Gasteiger partial charge on any atom is -0.281 e. The molecule has 4 nitrogen and oxygen atoms in total. The maximum Gasteiger partial charge on any atom is 0.475 e. The van der Waals surface area contributed by atoms with Crippen LogP contribution in [0.3, 0.4) is 0 Å². The summed E-state index contributed by atoms with van der Waals surface area (Å²) in [4.78, 5) is 0. The molecule has 0 spiro atoms. The van der Waals surface area contributed by atoms with Gasteiger partial charge in [-0.2, -0.15) is 22.0 Å². The van der Waals surface area contributed by atoms with Crippen molar-refractivity contribution in [3.8, 4) is 0 Å². The van der Waals surface area contributed by atoms with Crippen LogP contribution in [0.15, 0.2) is 0 Å². The first-order chi connectivity index (χ1) is 7.79. The monoisotopic (exact) mass is 298 g/mol. The van der Waals surface area contributed by atoms with Crippen LogP contribution in [0.4, 0.5) is 22.0 Å². The van der Waals surface area contributed by atoms with E-state index >= 15 is 0 Å². The molecule has 0 aromatic heterocycles. The lowest BCUT2D eigenvalue weighted by atomic mass is 10.0. The molecule has 1 heterocycles. The summed E-state index contributed by atoms with van der Waals surface area (Å²) in [6.07, 6.45) is -6.55. The highest BCUT2D eigenvalue weighted by Gasteiger charge is 2.60. The van der Waals surface area contributed by atoms with E-state index in [1.807, 2.05) is 0 Å². The Kier molecular flexibility index (Phi) is 3.87. The summed E-state index contributed by atoms with van der Waals surface area (Å²) >= 11 is 0. The van der Waals surface area contributed by atoms with Gasteiger partial charge >= 0.3 is 19.9 Å². The fraction of sp³-hybridized carbons (Fsp3) is 1.00. The van der Waals surface area contributed by atoms with Gasteiger partial charge in [0.25, 0.3) is 0 Å². The lowest BCUT2D eigenvalue weighted by molar-refractivity contribution is -0.290. The van der Waals surface area contributed by atoms with Crippen molar-refractivity contribution in [1.82, 2.24) is 0 Å². The van der Waals surface area contributed by atoms with Gasteiger partial charge in [-0.3, -0.25) is 13.6 Å². The molecule has 1 rings (SSSR count). The zero-order valence-electron chi connectivity index (χ0n) is 9.75.